The van der Waals surface area contributed by atoms with E-state index >= 15 is 0 Å². The Labute approximate surface area is 111 Å². The molecule has 0 bridgehead atoms. The second kappa shape index (κ2) is 5.55. The Morgan fingerprint density at radius 2 is 2.17 bits per heavy atom. The molecular weight excluding hydrogens is 253 g/mol. The molecule has 1 heterocycles. The van der Waals surface area contributed by atoms with Crippen LogP contribution in [0.15, 0.2) is 34.9 Å². The van der Waals surface area contributed by atoms with Crippen LogP contribution in [0.2, 0.25) is 5.02 Å². The lowest BCUT2D eigenvalue weighted by atomic mass is 9.99. The van der Waals surface area contributed by atoms with E-state index in [0.717, 1.165) is 23.3 Å². The zero-order valence-electron chi connectivity index (χ0n) is 10.3. The second-order valence-electron chi connectivity index (χ2n) is 4.23. The first kappa shape index (κ1) is 13.1. The summed E-state index contributed by atoms with van der Waals surface area (Å²) >= 11 is 5.78. The third kappa shape index (κ3) is 2.74. The van der Waals surface area contributed by atoms with Crippen molar-refractivity contribution in [1.82, 2.24) is 5.32 Å². The van der Waals surface area contributed by atoms with Crippen LogP contribution in [0.4, 0.5) is 4.39 Å². The highest BCUT2D eigenvalue weighted by molar-refractivity contribution is 6.30. The summed E-state index contributed by atoms with van der Waals surface area (Å²) in [5, 5.41) is 3.39. The monoisotopic (exact) mass is 267 g/mol. The molecule has 1 N–H and O–H groups in total. The highest BCUT2D eigenvalue weighted by Crippen LogP contribution is 2.24. The van der Waals surface area contributed by atoms with Crippen molar-refractivity contribution in [3.05, 3.63) is 58.3 Å². The second-order valence-corrected chi connectivity index (χ2v) is 4.63. The summed E-state index contributed by atoms with van der Waals surface area (Å²) in [6.07, 6.45) is 2.41. The van der Waals surface area contributed by atoms with Gasteiger partial charge in [0.25, 0.3) is 0 Å². The predicted molar refractivity (Wildman–Crippen MR) is 70.4 cm³/mol. The number of furan rings is 1. The van der Waals surface area contributed by atoms with Crippen molar-refractivity contribution in [1.29, 1.82) is 0 Å². The van der Waals surface area contributed by atoms with Gasteiger partial charge in [-0.15, -0.1) is 0 Å². The molecule has 96 valence electrons. The van der Waals surface area contributed by atoms with E-state index in [2.05, 4.69) is 5.32 Å². The Morgan fingerprint density at radius 1 is 1.39 bits per heavy atom. The molecule has 18 heavy (non-hydrogen) atoms. The lowest BCUT2D eigenvalue weighted by molar-refractivity contribution is 0.512. The molecule has 2 nitrogen and oxygen atoms in total. The molecule has 0 aliphatic carbocycles. The average molecular weight is 268 g/mol. The van der Waals surface area contributed by atoms with Crippen LogP contribution in [0.3, 0.4) is 0 Å². The quantitative estimate of drug-likeness (QED) is 0.909. The lowest BCUT2D eigenvalue weighted by Crippen LogP contribution is -2.19. The molecule has 1 aromatic carbocycles. The van der Waals surface area contributed by atoms with Gasteiger partial charge in [0, 0.05) is 11.6 Å². The molecule has 0 saturated carbocycles. The number of nitrogens with one attached hydrogen (secondary N) is 1. The Hall–Kier alpha value is -1.32. The summed E-state index contributed by atoms with van der Waals surface area (Å²) in [6.45, 7) is 1.93. The topological polar surface area (TPSA) is 25.2 Å². The normalized spacial score (nSPS) is 12.7. The summed E-state index contributed by atoms with van der Waals surface area (Å²) < 4.78 is 18.4. The number of aryl methyl sites for hydroxylation is 1. The summed E-state index contributed by atoms with van der Waals surface area (Å²) in [4.78, 5) is 0. The number of hydrogen-bond donors (Lipinski definition) is 1. The zero-order valence-corrected chi connectivity index (χ0v) is 11.1. The predicted octanol–water partition coefficient (Wildman–Crippen LogP) is 3.88. The molecule has 1 unspecified atom stereocenters. The highest BCUT2D eigenvalue weighted by Gasteiger charge is 2.15. The van der Waals surface area contributed by atoms with Gasteiger partial charge in [-0.2, -0.15) is 0 Å². The fourth-order valence-corrected chi connectivity index (χ4v) is 2.23. The molecule has 0 aliphatic rings. The van der Waals surface area contributed by atoms with Crippen LogP contribution in [-0.2, 0) is 6.42 Å². The van der Waals surface area contributed by atoms with Gasteiger partial charge in [-0.05, 0) is 44.2 Å². The summed E-state index contributed by atoms with van der Waals surface area (Å²) in [5.74, 6) is 0.503. The van der Waals surface area contributed by atoms with Crippen molar-refractivity contribution in [2.24, 2.45) is 0 Å². The van der Waals surface area contributed by atoms with Gasteiger partial charge in [0.1, 0.15) is 11.6 Å². The molecule has 0 radical (unpaired) electrons. The van der Waals surface area contributed by atoms with E-state index in [0.29, 0.717) is 0 Å². The molecule has 0 fully saturated rings. The van der Waals surface area contributed by atoms with E-state index in [4.69, 9.17) is 16.0 Å². The highest BCUT2D eigenvalue weighted by atomic mass is 35.5. The number of benzene rings is 1. The summed E-state index contributed by atoms with van der Waals surface area (Å²) in [7, 11) is 1.89. The summed E-state index contributed by atoms with van der Waals surface area (Å²) in [6, 6.07) is 6.89. The molecule has 1 aromatic heterocycles. The number of likely N-dealkylation sites (N-methyl/N-ethyl adjacent to an activating group) is 1. The number of halogens is 2. The fraction of sp³-hybridized carbons (Fsp3) is 0.286. The third-order valence-electron chi connectivity index (χ3n) is 3.05. The van der Waals surface area contributed by atoms with Gasteiger partial charge >= 0.3 is 0 Å². The van der Waals surface area contributed by atoms with Crippen LogP contribution in [0.25, 0.3) is 0 Å². The van der Waals surface area contributed by atoms with E-state index in [9.17, 15) is 4.39 Å². The minimum absolute atomic E-state index is 0.130. The van der Waals surface area contributed by atoms with Crippen molar-refractivity contribution >= 4 is 11.6 Å². The Morgan fingerprint density at radius 3 is 2.72 bits per heavy atom. The van der Waals surface area contributed by atoms with Crippen molar-refractivity contribution in [3.8, 4) is 0 Å². The van der Waals surface area contributed by atoms with Crippen molar-refractivity contribution in [3.63, 3.8) is 0 Å². The minimum atomic E-state index is -0.388. The minimum Gasteiger partial charge on any atom is -0.469 e. The maximum Gasteiger partial charge on any atom is 0.141 e. The molecule has 0 spiro atoms. The first-order valence-electron chi connectivity index (χ1n) is 5.77. The van der Waals surface area contributed by atoms with Crippen LogP contribution in [-0.4, -0.2) is 7.05 Å². The van der Waals surface area contributed by atoms with Gasteiger partial charge in [-0.1, -0.05) is 17.7 Å². The first-order valence-corrected chi connectivity index (χ1v) is 6.14. The molecule has 2 aromatic rings. The Balaban J connectivity index is 2.20. The maximum absolute atomic E-state index is 13.1. The third-order valence-corrected chi connectivity index (χ3v) is 3.34. The molecule has 2 rings (SSSR count). The van der Waals surface area contributed by atoms with Crippen LogP contribution >= 0.6 is 11.6 Å². The van der Waals surface area contributed by atoms with Crippen LogP contribution in [0.5, 0.6) is 0 Å². The Bertz CT molecular complexity index is 538. The average Bonchev–Trinajstić information content (AvgIpc) is 2.77. The van der Waals surface area contributed by atoms with Gasteiger partial charge in [0.05, 0.1) is 11.3 Å². The lowest BCUT2D eigenvalue weighted by Gasteiger charge is -2.16. The first-order chi connectivity index (χ1) is 8.61. The smallest absolute Gasteiger partial charge is 0.141 e. The van der Waals surface area contributed by atoms with Crippen molar-refractivity contribution in [2.75, 3.05) is 7.05 Å². The molecule has 0 aliphatic heterocycles. The van der Waals surface area contributed by atoms with Crippen LogP contribution in [0, 0.1) is 12.7 Å². The van der Waals surface area contributed by atoms with E-state index in [1.807, 2.05) is 20.0 Å². The molecular formula is C14H15ClFNO. The molecule has 0 saturated heterocycles. The zero-order chi connectivity index (χ0) is 13.1. The number of rotatable bonds is 4. The van der Waals surface area contributed by atoms with E-state index in [-0.39, 0.29) is 16.9 Å². The Kier molecular flexibility index (Phi) is 4.04. The maximum atomic E-state index is 13.1. The van der Waals surface area contributed by atoms with Gasteiger partial charge < -0.3 is 9.73 Å². The largest absolute Gasteiger partial charge is 0.469 e. The van der Waals surface area contributed by atoms with E-state index in [1.165, 1.54) is 6.07 Å². The number of hydrogen-bond acceptors (Lipinski definition) is 2. The molecule has 0 amide bonds. The fourth-order valence-electron chi connectivity index (χ4n) is 2.03. The van der Waals surface area contributed by atoms with Crippen molar-refractivity contribution < 1.29 is 8.81 Å². The molecule has 4 heteroatoms. The van der Waals surface area contributed by atoms with Gasteiger partial charge in [0.15, 0.2) is 0 Å². The standard InChI is InChI=1S/C14H15ClFNO/c1-9-11(5-6-18-9)14(17-2)8-10-3-4-13(16)12(15)7-10/h3-7,14,17H,8H2,1-2H3. The van der Waals surface area contributed by atoms with Gasteiger partial charge in [0.2, 0.25) is 0 Å². The van der Waals surface area contributed by atoms with E-state index in [1.54, 1.807) is 18.4 Å². The van der Waals surface area contributed by atoms with E-state index < -0.39 is 0 Å². The van der Waals surface area contributed by atoms with Crippen LogP contribution < -0.4 is 5.32 Å². The van der Waals surface area contributed by atoms with Gasteiger partial charge in [-0.25, -0.2) is 4.39 Å². The SMILES string of the molecule is CNC(Cc1ccc(F)c(Cl)c1)c1ccoc1C. The van der Waals surface area contributed by atoms with Crippen LogP contribution in [0.1, 0.15) is 22.9 Å². The summed E-state index contributed by atoms with van der Waals surface area (Å²) in [5.41, 5.74) is 2.10. The van der Waals surface area contributed by atoms with Gasteiger partial charge in [-0.3, -0.25) is 0 Å². The van der Waals surface area contributed by atoms with Crippen molar-refractivity contribution in [2.45, 2.75) is 19.4 Å². The molecule has 1 atom stereocenters.